The molecule has 100 valence electrons. The molecule has 0 saturated carbocycles. The molecule has 1 aromatic heterocycles. The lowest BCUT2D eigenvalue weighted by Crippen LogP contribution is -2.53. The zero-order valence-corrected chi connectivity index (χ0v) is 11.5. The van der Waals surface area contributed by atoms with Gasteiger partial charge in [0.05, 0.1) is 0 Å². The minimum atomic E-state index is 0.632. The molecule has 1 saturated heterocycles. The molecule has 2 heterocycles. The summed E-state index contributed by atoms with van der Waals surface area (Å²) in [5.74, 6) is 0. The van der Waals surface area contributed by atoms with Crippen LogP contribution in [-0.2, 0) is 6.42 Å². The third kappa shape index (κ3) is 4.05. The van der Waals surface area contributed by atoms with Gasteiger partial charge in [-0.1, -0.05) is 6.07 Å². The van der Waals surface area contributed by atoms with E-state index in [0.29, 0.717) is 6.04 Å². The van der Waals surface area contributed by atoms with E-state index >= 15 is 0 Å². The molecule has 1 aliphatic rings. The number of rotatable bonds is 5. The lowest BCUT2D eigenvalue weighted by atomic mass is 10.2. The first-order chi connectivity index (χ1) is 8.75. The third-order valence-electron chi connectivity index (χ3n) is 3.64. The molecule has 1 N–H and O–H groups in total. The normalized spacial score (nSPS) is 22.2. The Balaban J connectivity index is 1.66. The van der Waals surface area contributed by atoms with E-state index in [9.17, 15) is 0 Å². The van der Waals surface area contributed by atoms with E-state index in [1.807, 2.05) is 18.3 Å². The molecule has 0 bridgehead atoms. The summed E-state index contributed by atoms with van der Waals surface area (Å²) in [6.45, 7) is 5.58. The first-order valence-electron chi connectivity index (χ1n) is 6.75. The highest BCUT2D eigenvalue weighted by Gasteiger charge is 2.21. The number of pyridine rings is 1. The second-order valence-corrected chi connectivity index (χ2v) is 5.17. The standard InChI is InChI=1S/C14H24N4/c1-17-9-10-18(2)14(12-17)11-15-8-6-13-5-3-4-7-16-13/h3-5,7,14-15H,6,8-12H2,1-2H3. The van der Waals surface area contributed by atoms with Crippen molar-refractivity contribution >= 4 is 0 Å². The van der Waals surface area contributed by atoms with Crippen LogP contribution >= 0.6 is 0 Å². The summed E-state index contributed by atoms with van der Waals surface area (Å²) >= 11 is 0. The highest BCUT2D eigenvalue weighted by Crippen LogP contribution is 2.04. The van der Waals surface area contributed by atoms with Crippen molar-refractivity contribution in [1.82, 2.24) is 20.1 Å². The number of likely N-dealkylation sites (N-methyl/N-ethyl adjacent to an activating group) is 2. The number of piperazine rings is 1. The number of nitrogens with one attached hydrogen (secondary N) is 1. The lowest BCUT2D eigenvalue weighted by molar-refractivity contribution is 0.113. The highest BCUT2D eigenvalue weighted by atomic mass is 15.3. The van der Waals surface area contributed by atoms with Gasteiger partial charge in [0.25, 0.3) is 0 Å². The summed E-state index contributed by atoms with van der Waals surface area (Å²) in [5.41, 5.74) is 1.17. The van der Waals surface area contributed by atoms with Gasteiger partial charge in [0, 0.05) is 57.1 Å². The Hall–Kier alpha value is -0.970. The molecule has 4 heteroatoms. The molecule has 1 aromatic rings. The van der Waals surface area contributed by atoms with Crippen molar-refractivity contribution in [2.45, 2.75) is 12.5 Å². The Morgan fingerprint density at radius 1 is 1.33 bits per heavy atom. The SMILES string of the molecule is CN1CCN(C)C(CNCCc2ccccn2)C1. The first-order valence-corrected chi connectivity index (χ1v) is 6.75. The smallest absolute Gasteiger partial charge is 0.0416 e. The van der Waals surface area contributed by atoms with Gasteiger partial charge >= 0.3 is 0 Å². The number of hydrogen-bond acceptors (Lipinski definition) is 4. The molecule has 2 rings (SSSR count). The van der Waals surface area contributed by atoms with Crippen molar-refractivity contribution in [3.63, 3.8) is 0 Å². The van der Waals surface area contributed by atoms with E-state index in [0.717, 1.165) is 26.1 Å². The van der Waals surface area contributed by atoms with Gasteiger partial charge in [0.1, 0.15) is 0 Å². The van der Waals surface area contributed by atoms with Crippen LogP contribution in [0.5, 0.6) is 0 Å². The van der Waals surface area contributed by atoms with Crippen molar-refractivity contribution in [2.75, 3.05) is 46.8 Å². The Kier molecular flexibility index (Phi) is 5.11. The van der Waals surface area contributed by atoms with Gasteiger partial charge < -0.3 is 10.2 Å². The molecule has 0 amide bonds. The van der Waals surface area contributed by atoms with Crippen LogP contribution in [0.4, 0.5) is 0 Å². The van der Waals surface area contributed by atoms with Crippen molar-refractivity contribution in [3.05, 3.63) is 30.1 Å². The molecule has 0 aromatic carbocycles. The van der Waals surface area contributed by atoms with Crippen LogP contribution in [0.15, 0.2) is 24.4 Å². The molecule has 0 spiro atoms. The maximum absolute atomic E-state index is 4.33. The Bertz CT molecular complexity index is 341. The van der Waals surface area contributed by atoms with Crippen LogP contribution in [0, 0.1) is 0 Å². The van der Waals surface area contributed by atoms with E-state index in [-0.39, 0.29) is 0 Å². The van der Waals surface area contributed by atoms with E-state index < -0.39 is 0 Å². The van der Waals surface area contributed by atoms with Crippen LogP contribution in [0.3, 0.4) is 0 Å². The van der Waals surface area contributed by atoms with E-state index in [4.69, 9.17) is 0 Å². The van der Waals surface area contributed by atoms with Crippen LogP contribution in [0.1, 0.15) is 5.69 Å². The van der Waals surface area contributed by atoms with Crippen LogP contribution in [-0.4, -0.2) is 67.6 Å². The Labute approximate surface area is 110 Å². The molecule has 1 unspecified atom stereocenters. The minimum absolute atomic E-state index is 0.632. The summed E-state index contributed by atoms with van der Waals surface area (Å²) < 4.78 is 0. The quantitative estimate of drug-likeness (QED) is 0.767. The summed E-state index contributed by atoms with van der Waals surface area (Å²) in [5, 5.41) is 3.55. The van der Waals surface area contributed by atoms with Crippen molar-refractivity contribution in [2.24, 2.45) is 0 Å². The van der Waals surface area contributed by atoms with Gasteiger partial charge in [0.15, 0.2) is 0 Å². The van der Waals surface area contributed by atoms with Crippen LogP contribution in [0.2, 0.25) is 0 Å². The average molecular weight is 248 g/mol. The third-order valence-corrected chi connectivity index (χ3v) is 3.64. The Morgan fingerprint density at radius 3 is 3.00 bits per heavy atom. The maximum Gasteiger partial charge on any atom is 0.0416 e. The topological polar surface area (TPSA) is 31.4 Å². The minimum Gasteiger partial charge on any atom is -0.315 e. The molecular weight excluding hydrogens is 224 g/mol. The van der Waals surface area contributed by atoms with Crippen LogP contribution < -0.4 is 5.32 Å². The van der Waals surface area contributed by atoms with Gasteiger partial charge in [0.2, 0.25) is 0 Å². The van der Waals surface area contributed by atoms with Crippen LogP contribution in [0.25, 0.3) is 0 Å². The fourth-order valence-electron chi connectivity index (χ4n) is 2.35. The molecular formula is C14H24N4. The summed E-state index contributed by atoms with van der Waals surface area (Å²) in [7, 11) is 4.42. The fraction of sp³-hybridized carbons (Fsp3) is 0.643. The van der Waals surface area contributed by atoms with Gasteiger partial charge in [-0.2, -0.15) is 0 Å². The van der Waals surface area contributed by atoms with Crippen molar-refractivity contribution < 1.29 is 0 Å². The van der Waals surface area contributed by atoms with E-state index in [1.54, 1.807) is 0 Å². The zero-order valence-electron chi connectivity index (χ0n) is 11.5. The largest absolute Gasteiger partial charge is 0.315 e. The van der Waals surface area contributed by atoms with Crippen molar-refractivity contribution in [1.29, 1.82) is 0 Å². The van der Waals surface area contributed by atoms with E-state index in [2.05, 4.69) is 40.3 Å². The van der Waals surface area contributed by atoms with Gasteiger partial charge in [-0.3, -0.25) is 9.88 Å². The average Bonchev–Trinajstić information content (AvgIpc) is 2.40. The molecule has 18 heavy (non-hydrogen) atoms. The summed E-state index contributed by atoms with van der Waals surface area (Å²) in [6, 6.07) is 6.73. The zero-order chi connectivity index (χ0) is 12.8. The van der Waals surface area contributed by atoms with Crippen molar-refractivity contribution in [3.8, 4) is 0 Å². The van der Waals surface area contributed by atoms with Gasteiger partial charge in [-0.05, 0) is 26.2 Å². The lowest BCUT2D eigenvalue weighted by Gasteiger charge is -2.37. The number of nitrogens with zero attached hydrogens (tertiary/aromatic N) is 3. The predicted molar refractivity (Wildman–Crippen MR) is 74.7 cm³/mol. The predicted octanol–water partition coefficient (Wildman–Crippen LogP) is 0.460. The fourth-order valence-corrected chi connectivity index (χ4v) is 2.35. The van der Waals surface area contributed by atoms with Gasteiger partial charge in [-0.15, -0.1) is 0 Å². The maximum atomic E-state index is 4.33. The monoisotopic (exact) mass is 248 g/mol. The van der Waals surface area contributed by atoms with Gasteiger partial charge in [-0.25, -0.2) is 0 Å². The summed E-state index contributed by atoms with van der Waals surface area (Å²) in [6.07, 6.45) is 2.87. The molecule has 1 aliphatic heterocycles. The molecule has 1 fully saturated rings. The molecule has 0 radical (unpaired) electrons. The number of hydrogen-bond donors (Lipinski definition) is 1. The molecule has 1 atom stereocenters. The Morgan fingerprint density at radius 2 is 2.22 bits per heavy atom. The second-order valence-electron chi connectivity index (χ2n) is 5.17. The highest BCUT2D eigenvalue weighted by molar-refractivity contribution is 5.03. The van der Waals surface area contributed by atoms with E-state index in [1.165, 1.54) is 18.8 Å². The first kappa shape index (κ1) is 13.5. The summed E-state index contributed by atoms with van der Waals surface area (Å²) in [4.78, 5) is 9.19. The number of aromatic nitrogens is 1. The molecule has 4 nitrogen and oxygen atoms in total. The second kappa shape index (κ2) is 6.83. The molecule has 0 aliphatic carbocycles.